The molecule has 0 unspecified atom stereocenters. The minimum Gasteiger partial charge on any atom is -0.450 e. The lowest BCUT2D eigenvalue weighted by atomic mass is 9.95. The number of piperazine rings is 1. The van der Waals surface area contributed by atoms with Crippen LogP contribution >= 0.6 is 0 Å². The van der Waals surface area contributed by atoms with Gasteiger partial charge in [0.2, 0.25) is 0 Å². The highest BCUT2D eigenvalue weighted by molar-refractivity contribution is 5.92. The van der Waals surface area contributed by atoms with E-state index in [9.17, 15) is 14.9 Å². The number of carbonyl (C=O) groups excluding carboxylic acids is 2. The SMILES string of the molecule is CCOC(=O)N1CC[NH+](CC(=O)Nc2c(C#N)c(C)c(C)n2C2CCCCC2)CC1. The largest absolute Gasteiger partial charge is 0.450 e. The monoisotopic (exact) mass is 416 g/mol. The zero-order valence-corrected chi connectivity index (χ0v) is 18.4. The number of rotatable bonds is 5. The molecule has 1 saturated carbocycles. The number of nitrogens with zero attached hydrogens (tertiary/aromatic N) is 3. The third-order valence-electron chi connectivity index (χ3n) is 6.47. The molecule has 0 bridgehead atoms. The second-order valence-corrected chi connectivity index (χ2v) is 8.37. The van der Waals surface area contributed by atoms with Gasteiger partial charge in [-0.1, -0.05) is 19.3 Å². The Bertz CT molecular complexity index is 812. The highest BCUT2D eigenvalue weighted by Gasteiger charge is 2.29. The van der Waals surface area contributed by atoms with Crippen LogP contribution in [-0.2, 0) is 9.53 Å². The smallest absolute Gasteiger partial charge is 0.410 e. The van der Waals surface area contributed by atoms with Crippen LogP contribution in [0.2, 0.25) is 0 Å². The molecule has 0 spiro atoms. The summed E-state index contributed by atoms with van der Waals surface area (Å²) in [5.74, 6) is 0.578. The van der Waals surface area contributed by atoms with Crippen molar-refractivity contribution in [3.63, 3.8) is 0 Å². The van der Waals surface area contributed by atoms with E-state index in [0.29, 0.717) is 56.8 Å². The van der Waals surface area contributed by atoms with Gasteiger partial charge in [-0.3, -0.25) is 9.69 Å². The summed E-state index contributed by atoms with van der Waals surface area (Å²) in [7, 11) is 0. The van der Waals surface area contributed by atoms with Gasteiger partial charge in [0, 0.05) is 11.7 Å². The molecule has 8 heteroatoms. The minimum absolute atomic E-state index is 0.0827. The first-order valence-corrected chi connectivity index (χ1v) is 11.1. The molecule has 1 aromatic heterocycles. The van der Waals surface area contributed by atoms with Crippen molar-refractivity contribution in [3.05, 3.63) is 16.8 Å². The second-order valence-electron chi connectivity index (χ2n) is 8.37. The van der Waals surface area contributed by atoms with Gasteiger partial charge in [0.15, 0.2) is 6.54 Å². The Morgan fingerprint density at radius 1 is 1.20 bits per heavy atom. The second kappa shape index (κ2) is 9.98. The summed E-state index contributed by atoms with van der Waals surface area (Å²) in [4.78, 5) is 27.5. The molecule has 0 atom stereocenters. The molecule has 8 nitrogen and oxygen atoms in total. The maximum Gasteiger partial charge on any atom is 0.410 e. The minimum atomic E-state index is -0.282. The molecule has 1 aromatic rings. The van der Waals surface area contributed by atoms with E-state index >= 15 is 0 Å². The number of hydrogen-bond acceptors (Lipinski definition) is 4. The molecule has 1 saturated heterocycles. The molecule has 0 radical (unpaired) electrons. The van der Waals surface area contributed by atoms with Crippen LogP contribution in [0.1, 0.15) is 61.9 Å². The van der Waals surface area contributed by atoms with Crippen molar-refractivity contribution >= 4 is 17.8 Å². The van der Waals surface area contributed by atoms with E-state index in [1.807, 2.05) is 13.8 Å². The number of hydrogen-bond donors (Lipinski definition) is 2. The first-order chi connectivity index (χ1) is 14.5. The van der Waals surface area contributed by atoms with E-state index < -0.39 is 0 Å². The number of quaternary nitrogens is 1. The summed E-state index contributed by atoms with van der Waals surface area (Å²) in [5, 5.41) is 12.8. The van der Waals surface area contributed by atoms with Crippen molar-refractivity contribution in [2.75, 3.05) is 44.6 Å². The predicted octanol–water partition coefficient (Wildman–Crippen LogP) is 1.78. The van der Waals surface area contributed by atoms with Gasteiger partial charge in [0.1, 0.15) is 11.9 Å². The molecule has 3 rings (SSSR count). The molecule has 30 heavy (non-hydrogen) atoms. The van der Waals surface area contributed by atoms with Gasteiger partial charge in [-0.05, 0) is 39.2 Å². The predicted molar refractivity (Wildman–Crippen MR) is 114 cm³/mol. The summed E-state index contributed by atoms with van der Waals surface area (Å²) in [6, 6.07) is 2.65. The van der Waals surface area contributed by atoms with Crippen LogP contribution in [0.3, 0.4) is 0 Å². The average Bonchev–Trinajstić information content (AvgIpc) is 2.98. The number of nitrogens with one attached hydrogen (secondary N) is 2. The fourth-order valence-electron chi connectivity index (χ4n) is 4.68. The van der Waals surface area contributed by atoms with E-state index in [4.69, 9.17) is 4.74 Å². The summed E-state index contributed by atoms with van der Waals surface area (Å²) in [6.07, 6.45) is 5.52. The molecule has 2 aliphatic rings. The van der Waals surface area contributed by atoms with Crippen molar-refractivity contribution in [2.24, 2.45) is 0 Å². The van der Waals surface area contributed by atoms with Gasteiger partial charge in [-0.15, -0.1) is 0 Å². The van der Waals surface area contributed by atoms with Gasteiger partial charge in [0.05, 0.1) is 38.3 Å². The Morgan fingerprint density at radius 2 is 1.87 bits per heavy atom. The van der Waals surface area contributed by atoms with E-state index in [-0.39, 0.29) is 12.0 Å². The van der Waals surface area contributed by atoms with Crippen LogP contribution in [0, 0.1) is 25.2 Å². The van der Waals surface area contributed by atoms with Crippen molar-refractivity contribution < 1.29 is 19.2 Å². The zero-order chi connectivity index (χ0) is 21.7. The Morgan fingerprint density at radius 3 is 2.47 bits per heavy atom. The Balaban J connectivity index is 1.66. The molecule has 2 amide bonds. The molecule has 1 aliphatic carbocycles. The lowest BCUT2D eigenvalue weighted by molar-refractivity contribution is -0.895. The summed E-state index contributed by atoms with van der Waals surface area (Å²) in [5.41, 5.74) is 2.60. The van der Waals surface area contributed by atoms with Crippen LogP contribution in [0.15, 0.2) is 0 Å². The van der Waals surface area contributed by atoms with E-state index in [2.05, 4.69) is 16.0 Å². The van der Waals surface area contributed by atoms with Crippen LogP contribution in [-0.4, -0.2) is 60.8 Å². The average molecular weight is 417 g/mol. The number of anilines is 1. The normalized spacial score (nSPS) is 18.1. The van der Waals surface area contributed by atoms with Crippen LogP contribution in [0.4, 0.5) is 10.6 Å². The van der Waals surface area contributed by atoms with Crippen molar-refractivity contribution in [3.8, 4) is 6.07 Å². The Hall–Kier alpha value is -2.53. The lowest BCUT2D eigenvalue weighted by Gasteiger charge is -2.31. The molecule has 2 heterocycles. The lowest BCUT2D eigenvalue weighted by Crippen LogP contribution is -3.15. The van der Waals surface area contributed by atoms with Gasteiger partial charge >= 0.3 is 6.09 Å². The quantitative estimate of drug-likeness (QED) is 0.765. The summed E-state index contributed by atoms with van der Waals surface area (Å²) in [6.45, 7) is 9.08. The Kier molecular flexibility index (Phi) is 7.38. The summed E-state index contributed by atoms with van der Waals surface area (Å²) >= 11 is 0. The maximum atomic E-state index is 12.9. The molecule has 0 aromatic carbocycles. The van der Waals surface area contributed by atoms with Crippen LogP contribution in [0.25, 0.3) is 0 Å². The molecule has 2 N–H and O–H groups in total. The summed E-state index contributed by atoms with van der Waals surface area (Å²) < 4.78 is 7.24. The van der Waals surface area contributed by atoms with Gasteiger partial charge in [0.25, 0.3) is 5.91 Å². The molecule has 2 fully saturated rings. The van der Waals surface area contributed by atoms with Gasteiger partial charge < -0.3 is 19.5 Å². The van der Waals surface area contributed by atoms with Gasteiger partial charge in [-0.2, -0.15) is 5.26 Å². The van der Waals surface area contributed by atoms with Crippen molar-refractivity contribution in [1.29, 1.82) is 5.26 Å². The fraction of sp³-hybridized carbons (Fsp3) is 0.682. The number of ether oxygens (including phenoxy) is 1. The topological polar surface area (TPSA) is 91.8 Å². The highest BCUT2D eigenvalue weighted by atomic mass is 16.6. The van der Waals surface area contributed by atoms with Gasteiger partial charge in [-0.25, -0.2) is 4.79 Å². The molecular weight excluding hydrogens is 382 g/mol. The molecular formula is C22H34N5O3+. The highest BCUT2D eigenvalue weighted by Crippen LogP contribution is 2.36. The first-order valence-electron chi connectivity index (χ1n) is 11.1. The van der Waals surface area contributed by atoms with Crippen molar-refractivity contribution in [2.45, 2.75) is 58.9 Å². The Labute approximate surface area is 178 Å². The number of nitriles is 1. The zero-order valence-electron chi connectivity index (χ0n) is 18.4. The molecule has 1 aliphatic heterocycles. The van der Waals surface area contributed by atoms with E-state index in [0.717, 1.165) is 29.0 Å². The number of amides is 2. The third kappa shape index (κ3) is 4.78. The van der Waals surface area contributed by atoms with Crippen LogP contribution < -0.4 is 10.2 Å². The van der Waals surface area contributed by atoms with E-state index in [1.165, 1.54) is 19.3 Å². The van der Waals surface area contributed by atoms with Crippen LogP contribution in [0.5, 0.6) is 0 Å². The third-order valence-corrected chi connectivity index (χ3v) is 6.47. The fourth-order valence-corrected chi connectivity index (χ4v) is 4.68. The number of aromatic nitrogens is 1. The number of carbonyl (C=O) groups is 2. The van der Waals surface area contributed by atoms with E-state index in [1.54, 1.807) is 11.8 Å². The first kappa shape index (κ1) is 22.2. The molecule has 164 valence electrons. The van der Waals surface area contributed by atoms with Crippen molar-refractivity contribution in [1.82, 2.24) is 9.47 Å². The maximum absolute atomic E-state index is 12.9. The standard InChI is InChI=1S/C22H33N5O3/c1-4-30-22(29)26-12-10-25(11-13-26)15-20(28)24-21-19(14-23)16(2)17(3)27(21)18-8-6-5-7-9-18/h18H,4-13,15H2,1-3H3,(H,24,28)/p+1.